The molecular weight excluding hydrogens is 838 g/mol. The van der Waals surface area contributed by atoms with Gasteiger partial charge in [0.15, 0.2) is 0 Å². The van der Waals surface area contributed by atoms with Crippen molar-refractivity contribution in [3.8, 4) is 33.5 Å². The number of rotatable bonds is 3. The number of nitrogens with zero attached hydrogens (tertiary/aromatic N) is 3. The van der Waals surface area contributed by atoms with Crippen molar-refractivity contribution in [1.82, 2.24) is 15.0 Å². The molecule has 3 aromatic heterocycles. The average molecular weight is 860 g/mol. The molecule has 0 aliphatic rings. The number of benzene rings is 4. The molecule has 3 heterocycles. The first-order valence-electron chi connectivity index (χ1n) is 13.8. The molecule has 0 N–H and O–H groups in total. The number of hydrogen-bond acceptors (Lipinski definition) is 3. The van der Waals surface area contributed by atoms with Gasteiger partial charge < -0.3 is 4.98 Å². The molecule has 249 valence electrons. The van der Waals surface area contributed by atoms with Gasteiger partial charge in [-0.25, -0.2) is 4.39 Å². The molecule has 0 aliphatic carbocycles. The zero-order valence-corrected chi connectivity index (χ0v) is 27.6. The van der Waals surface area contributed by atoms with Crippen LogP contribution in [0.25, 0.3) is 55.3 Å². The van der Waals surface area contributed by atoms with Crippen LogP contribution >= 0.6 is 7.81 Å². The van der Waals surface area contributed by atoms with E-state index in [2.05, 4.69) is 93.8 Å². The summed E-state index contributed by atoms with van der Waals surface area (Å²) in [6.45, 7) is 0. The molecule has 1 radical (unpaired) electrons. The first-order chi connectivity index (χ1) is 22.1. The Labute approximate surface area is 282 Å². The van der Waals surface area contributed by atoms with E-state index in [4.69, 9.17) is 0 Å². The minimum absolute atomic E-state index is 0. The summed E-state index contributed by atoms with van der Waals surface area (Å²) in [7, 11) is -10.7. The molecule has 0 aliphatic heterocycles. The molecule has 0 amide bonds. The number of pyridine rings is 3. The Balaban J connectivity index is 0.000000199. The second-order valence-corrected chi connectivity index (χ2v) is 11.9. The van der Waals surface area contributed by atoms with Gasteiger partial charge in [0.05, 0.1) is 22.7 Å². The van der Waals surface area contributed by atoms with Crippen LogP contribution in [0.4, 0.5) is 34.0 Å². The fourth-order valence-corrected chi connectivity index (χ4v) is 4.69. The maximum absolute atomic E-state index is 12.8. The average Bonchev–Trinajstić information content (AvgIpc) is 3.05. The smallest absolute Gasteiger partial charge is 0.0970 e. The molecule has 0 saturated heterocycles. The maximum Gasteiger partial charge on any atom is 0.0970 e. The second kappa shape index (κ2) is 13.8. The first-order valence-corrected chi connectivity index (χ1v) is 15.8. The van der Waals surface area contributed by atoms with Gasteiger partial charge in [0.1, 0.15) is 0 Å². The van der Waals surface area contributed by atoms with E-state index in [9.17, 15) is 34.0 Å². The van der Waals surface area contributed by atoms with Crippen molar-refractivity contribution in [2.24, 2.45) is 0 Å². The van der Waals surface area contributed by atoms with Crippen LogP contribution in [-0.2, 0) is 20.1 Å². The summed E-state index contributed by atoms with van der Waals surface area (Å²) >= 11 is 0. The summed E-state index contributed by atoms with van der Waals surface area (Å²) in [5, 5.41) is 2.26. The molecule has 13 heteroatoms. The largest absolute Gasteiger partial charge is 0.305 e. The Bertz CT molecular complexity index is 2050. The Morgan fingerprint density at radius 3 is 1.35 bits per heavy atom. The van der Waals surface area contributed by atoms with Crippen molar-refractivity contribution >= 4 is 29.6 Å². The zero-order valence-electron chi connectivity index (χ0n) is 24.3. The number of hydrogen-bond donors (Lipinski definition) is 0. The molecule has 7 aromatic rings. The molecular formula is C35H22F8IrN3P-2. The van der Waals surface area contributed by atoms with Gasteiger partial charge in [-0.05, 0) is 46.1 Å². The van der Waals surface area contributed by atoms with Gasteiger partial charge in [0, 0.05) is 49.5 Å². The van der Waals surface area contributed by atoms with E-state index < -0.39 is 19.4 Å². The van der Waals surface area contributed by atoms with E-state index in [1.165, 1.54) is 28.3 Å². The molecule has 0 fully saturated rings. The van der Waals surface area contributed by atoms with Crippen LogP contribution in [0.1, 0.15) is 0 Å². The summed E-state index contributed by atoms with van der Waals surface area (Å²) in [5.41, 5.74) is 7.67. The summed E-state index contributed by atoms with van der Waals surface area (Å²) in [6, 6.07) is 39.4. The predicted octanol–water partition coefficient (Wildman–Crippen LogP) is 12.3. The van der Waals surface area contributed by atoms with Gasteiger partial charge in [0.2, 0.25) is 0 Å². The molecule has 0 atom stereocenters. The SMILES string of the molecule is F[P-](F)(F)(F)(F)F.Fc1[c-]c(-c2ccccn2)ccc1F.[Ir].c1ccc(-c2ccnc3c2ccc2c(-c4ccccc4)ccnc23)cc1. The van der Waals surface area contributed by atoms with Crippen LogP contribution in [0.15, 0.2) is 134 Å². The Hall–Kier alpha value is -4.63. The van der Waals surface area contributed by atoms with Crippen molar-refractivity contribution in [3.63, 3.8) is 0 Å². The van der Waals surface area contributed by atoms with E-state index in [1.807, 2.05) is 24.5 Å². The van der Waals surface area contributed by atoms with E-state index in [1.54, 1.807) is 24.4 Å². The summed E-state index contributed by atoms with van der Waals surface area (Å²) in [4.78, 5) is 13.3. The van der Waals surface area contributed by atoms with Crippen LogP contribution in [0.3, 0.4) is 0 Å². The van der Waals surface area contributed by atoms with Gasteiger partial charge in [-0.15, -0.1) is 23.8 Å². The van der Waals surface area contributed by atoms with E-state index in [0.717, 1.165) is 27.9 Å². The summed E-state index contributed by atoms with van der Waals surface area (Å²) in [5.74, 6) is -1.88. The molecule has 7 rings (SSSR count). The third-order valence-corrected chi connectivity index (χ3v) is 6.58. The van der Waals surface area contributed by atoms with Crippen molar-refractivity contribution in [3.05, 3.63) is 152 Å². The standard InChI is InChI=1S/C24H16N2.C11H6F2N.F6P.Ir/c1-3-7-17(8-4-1)19-13-15-25-23-21(19)11-12-22-20(14-16-26-24(22)23)18-9-5-2-6-10-18;12-9-5-4-8(7-10(9)13)11-3-1-2-6-14-11;1-7(2,3,4,5)6;/h1-16H;1-6H;;/q;2*-1;. The third-order valence-electron chi connectivity index (χ3n) is 6.58. The van der Waals surface area contributed by atoms with Gasteiger partial charge in [-0.2, -0.15) is 0 Å². The summed E-state index contributed by atoms with van der Waals surface area (Å²) < 4.78 is 84.6. The third kappa shape index (κ3) is 10.2. The van der Waals surface area contributed by atoms with Crippen molar-refractivity contribution in [2.75, 3.05) is 0 Å². The van der Waals surface area contributed by atoms with E-state index in [0.29, 0.717) is 11.3 Å². The number of fused-ring (bicyclic) bond motifs is 3. The van der Waals surface area contributed by atoms with Crippen LogP contribution in [0.5, 0.6) is 0 Å². The van der Waals surface area contributed by atoms with Crippen molar-refractivity contribution in [2.45, 2.75) is 0 Å². The Morgan fingerprint density at radius 1 is 0.479 bits per heavy atom. The normalized spacial score (nSPS) is 12.3. The number of halogens is 8. The maximum atomic E-state index is 12.8. The minimum Gasteiger partial charge on any atom is -0.305 e. The van der Waals surface area contributed by atoms with Gasteiger partial charge in [-0.3, -0.25) is 14.4 Å². The Kier molecular flexibility index (Phi) is 10.4. The molecule has 3 nitrogen and oxygen atoms in total. The van der Waals surface area contributed by atoms with Crippen molar-refractivity contribution < 1.29 is 54.1 Å². The fraction of sp³-hybridized carbons (Fsp3) is 0. The molecule has 48 heavy (non-hydrogen) atoms. The second-order valence-electron chi connectivity index (χ2n) is 10.0. The van der Waals surface area contributed by atoms with Gasteiger partial charge in [-0.1, -0.05) is 84.9 Å². The Morgan fingerprint density at radius 2 is 0.938 bits per heavy atom. The fourth-order valence-electron chi connectivity index (χ4n) is 4.69. The van der Waals surface area contributed by atoms with E-state index in [-0.39, 0.29) is 20.1 Å². The zero-order chi connectivity index (χ0) is 33.7. The quantitative estimate of drug-likeness (QED) is 0.0769. The monoisotopic (exact) mass is 860 g/mol. The van der Waals surface area contributed by atoms with E-state index >= 15 is 0 Å². The first kappa shape index (κ1) is 36.2. The van der Waals surface area contributed by atoms with Crippen LogP contribution in [-0.4, -0.2) is 15.0 Å². The molecule has 0 bridgehead atoms. The van der Waals surface area contributed by atoms with Crippen LogP contribution in [0.2, 0.25) is 0 Å². The van der Waals surface area contributed by atoms with Gasteiger partial charge in [0.25, 0.3) is 0 Å². The summed E-state index contributed by atoms with van der Waals surface area (Å²) in [6.07, 6.45) is 5.34. The molecule has 0 saturated carbocycles. The molecule has 0 spiro atoms. The van der Waals surface area contributed by atoms with Crippen molar-refractivity contribution in [1.29, 1.82) is 0 Å². The van der Waals surface area contributed by atoms with Crippen LogP contribution in [0, 0.1) is 17.7 Å². The number of aromatic nitrogens is 3. The predicted molar refractivity (Wildman–Crippen MR) is 170 cm³/mol. The van der Waals surface area contributed by atoms with Gasteiger partial charge >= 0.3 is 33.0 Å². The topological polar surface area (TPSA) is 38.7 Å². The molecule has 4 aromatic carbocycles. The van der Waals surface area contributed by atoms with Crippen LogP contribution < -0.4 is 0 Å². The molecule has 0 unspecified atom stereocenters. The minimum atomic E-state index is -10.7.